The van der Waals surface area contributed by atoms with Gasteiger partial charge in [-0.3, -0.25) is 4.79 Å². The van der Waals surface area contributed by atoms with Gasteiger partial charge in [0.25, 0.3) is 5.91 Å². The molecule has 1 saturated carbocycles. The second kappa shape index (κ2) is 6.02. The molecule has 0 saturated heterocycles. The molecule has 1 aromatic carbocycles. The summed E-state index contributed by atoms with van der Waals surface area (Å²) in [6.07, 6.45) is 3.31. The number of nitrogens with zero attached hydrogens (tertiary/aromatic N) is 1. The minimum atomic E-state index is 0.0324. The topological polar surface area (TPSA) is 40.5 Å². The molecule has 1 aliphatic carbocycles. The molecule has 3 nitrogen and oxygen atoms in total. The highest BCUT2D eigenvalue weighted by Crippen LogP contribution is 2.27. The summed E-state index contributed by atoms with van der Waals surface area (Å²) in [6, 6.07) is 6.13. The van der Waals surface area contributed by atoms with Crippen molar-refractivity contribution < 1.29 is 9.90 Å². The maximum Gasteiger partial charge on any atom is 0.255 e. The predicted octanol–water partition coefficient (Wildman–Crippen LogP) is 2.59. The van der Waals surface area contributed by atoms with E-state index in [1.54, 1.807) is 0 Å². The molecule has 4 heteroatoms. The van der Waals surface area contributed by atoms with Crippen LogP contribution < -0.4 is 0 Å². The highest BCUT2D eigenvalue weighted by molar-refractivity contribution is 14.1. The lowest BCUT2D eigenvalue weighted by atomic mass is 9.91. The van der Waals surface area contributed by atoms with Gasteiger partial charge in [0.1, 0.15) is 0 Å². The molecule has 2 rings (SSSR count). The number of amides is 1. The van der Waals surface area contributed by atoms with Crippen molar-refractivity contribution in [3.63, 3.8) is 0 Å². The van der Waals surface area contributed by atoms with E-state index in [9.17, 15) is 4.79 Å². The number of aryl methyl sites for hydroxylation is 1. The van der Waals surface area contributed by atoms with Gasteiger partial charge in [-0.1, -0.05) is 12.1 Å². The number of carbonyl (C=O) groups is 1. The van der Waals surface area contributed by atoms with E-state index in [-0.39, 0.29) is 12.5 Å². The van der Waals surface area contributed by atoms with Crippen LogP contribution in [-0.4, -0.2) is 35.1 Å². The van der Waals surface area contributed by atoms with Crippen molar-refractivity contribution in [1.29, 1.82) is 0 Å². The maximum atomic E-state index is 12.6. The molecule has 18 heavy (non-hydrogen) atoms. The Morgan fingerprint density at radius 1 is 1.50 bits per heavy atom. The van der Waals surface area contributed by atoms with Crippen LogP contribution in [0.15, 0.2) is 18.2 Å². The molecule has 0 bridgehead atoms. The highest BCUT2D eigenvalue weighted by atomic mass is 127. The molecular weight excluding hydrogens is 341 g/mol. The van der Waals surface area contributed by atoms with Gasteiger partial charge in [0.05, 0.1) is 12.2 Å². The summed E-state index contributed by atoms with van der Waals surface area (Å²) in [4.78, 5) is 14.4. The molecule has 0 spiro atoms. The molecule has 1 amide bonds. The smallest absolute Gasteiger partial charge is 0.255 e. The number of benzene rings is 1. The van der Waals surface area contributed by atoms with E-state index in [0.29, 0.717) is 12.6 Å². The van der Waals surface area contributed by atoms with Gasteiger partial charge in [-0.05, 0) is 60.4 Å². The van der Waals surface area contributed by atoms with Crippen LogP contribution >= 0.6 is 22.6 Å². The zero-order chi connectivity index (χ0) is 13.1. The fraction of sp³-hybridized carbons (Fsp3) is 0.500. The Hall–Kier alpha value is -0.620. The molecule has 1 aromatic rings. The van der Waals surface area contributed by atoms with Gasteiger partial charge in [0.2, 0.25) is 0 Å². The van der Waals surface area contributed by atoms with Crippen molar-refractivity contribution in [2.24, 2.45) is 0 Å². The molecular formula is C14H18INO2. The molecule has 1 N–H and O–H groups in total. The second-order valence-corrected chi connectivity index (χ2v) is 5.82. The minimum absolute atomic E-state index is 0.0324. The molecule has 1 fully saturated rings. The Balaban J connectivity index is 2.24. The fourth-order valence-electron chi connectivity index (χ4n) is 2.22. The lowest BCUT2D eigenvalue weighted by Gasteiger charge is -2.37. The van der Waals surface area contributed by atoms with Gasteiger partial charge in [-0.25, -0.2) is 0 Å². The third-order valence-corrected chi connectivity index (χ3v) is 4.97. The Morgan fingerprint density at radius 3 is 2.78 bits per heavy atom. The zero-order valence-electron chi connectivity index (χ0n) is 10.5. The molecule has 0 heterocycles. The Morgan fingerprint density at radius 2 is 2.22 bits per heavy atom. The van der Waals surface area contributed by atoms with Crippen LogP contribution in [0.5, 0.6) is 0 Å². The van der Waals surface area contributed by atoms with Gasteiger partial charge in [0.15, 0.2) is 0 Å². The van der Waals surface area contributed by atoms with E-state index in [1.165, 1.54) is 6.42 Å². The van der Waals surface area contributed by atoms with E-state index in [1.807, 2.05) is 30.0 Å². The second-order valence-electron chi connectivity index (χ2n) is 4.74. The van der Waals surface area contributed by atoms with E-state index >= 15 is 0 Å². The maximum absolute atomic E-state index is 12.6. The predicted molar refractivity (Wildman–Crippen MR) is 79.7 cm³/mol. The third kappa shape index (κ3) is 2.69. The SMILES string of the molecule is Cc1cccc(C(=O)N(CCO)C2CCC2)c1I. The van der Waals surface area contributed by atoms with Crippen molar-refractivity contribution in [2.75, 3.05) is 13.2 Å². The van der Waals surface area contributed by atoms with E-state index in [2.05, 4.69) is 22.6 Å². The standard InChI is InChI=1S/C14H18INO2/c1-10-4-2-7-12(13(10)15)14(18)16(8-9-17)11-5-3-6-11/h2,4,7,11,17H,3,5-6,8-9H2,1H3. The molecule has 0 aliphatic heterocycles. The number of halogens is 1. The third-order valence-electron chi connectivity index (χ3n) is 3.54. The lowest BCUT2D eigenvalue weighted by molar-refractivity contribution is 0.0524. The molecule has 98 valence electrons. The van der Waals surface area contributed by atoms with E-state index in [0.717, 1.165) is 27.5 Å². The van der Waals surface area contributed by atoms with Crippen molar-refractivity contribution in [2.45, 2.75) is 32.2 Å². The summed E-state index contributed by atoms with van der Waals surface area (Å²) in [6.45, 7) is 2.48. The Labute approximate surface area is 121 Å². The number of aliphatic hydroxyl groups is 1. The summed E-state index contributed by atoms with van der Waals surface area (Å²) in [5.74, 6) is 0.0573. The first-order valence-electron chi connectivity index (χ1n) is 6.32. The normalized spacial score (nSPS) is 15.3. The summed E-state index contributed by atoms with van der Waals surface area (Å²) >= 11 is 2.23. The van der Waals surface area contributed by atoms with Crippen LogP contribution in [0.1, 0.15) is 35.2 Å². The Kier molecular flexibility index (Phi) is 4.61. The number of hydrogen-bond donors (Lipinski definition) is 1. The van der Waals surface area contributed by atoms with Crippen LogP contribution in [-0.2, 0) is 0 Å². The first-order valence-corrected chi connectivity index (χ1v) is 7.40. The van der Waals surface area contributed by atoms with Crippen molar-refractivity contribution in [3.8, 4) is 0 Å². The molecule has 0 aromatic heterocycles. The Bertz CT molecular complexity index is 443. The van der Waals surface area contributed by atoms with Crippen LogP contribution in [0.3, 0.4) is 0 Å². The molecule has 1 aliphatic rings. The van der Waals surface area contributed by atoms with Crippen molar-refractivity contribution >= 4 is 28.5 Å². The van der Waals surface area contributed by atoms with Gasteiger partial charge in [0, 0.05) is 16.2 Å². The van der Waals surface area contributed by atoms with E-state index in [4.69, 9.17) is 5.11 Å². The van der Waals surface area contributed by atoms with Gasteiger partial charge < -0.3 is 10.0 Å². The van der Waals surface area contributed by atoms with Gasteiger partial charge in [-0.2, -0.15) is 0 Å². The lowest BCUT2D eigenvalue weighted by Crippen LogP contribution is -2.45. The highest BCUT2D eigenvalue weighted by Gasteiger charge is 2.29. The molecule has 0 atom stereocenters. The quantitative estimate of drug-likeness (QED) is 0.840. The molecule has 0 radical (unpaired) electrons. The van der Waals surface area contributed by atoms with Crippen molar-refractivity contribution in [1.82, 2.24) is 4.90 Å². The average Bonchev–Trinajstić information content (AvgIpc) is 2.29. The largest absolute Gasteiger partial charge is 0.395 e. The first kappa shape index (κ1) is 13.8. The summed E-state index contributed by atoms with van der Waals surface area (Å²) < 4.78 is 1.02. The number of carbonyl (C=O) groups excluding carboxylic acids is 1. The number of aliphatic hydroxyl groups excluding tert-OH is 1. The summed E-state index contributed by atoms with van der Waals surface area (Å²) in [5, 5.41) is 9.13. The number of hydrogen-bond acceptors (Lipinski definition) is 2. The van der Waals surface area contributed by atoms with Crippen molar-refractivity contribution in [3.05, 3.63) is 32.9 Å². The van der Waals surface area contributed by atoms with E-state index < -0.39 is 0 Å². The van der Waals surface area contributed by atoms with Crippen LogP contribution in [0.2, 0.25) is 0 Å². The minimum Gasteiger partial charge on any atom is -0.395 e. The first-order chi connectivity index (χ1) is 8.65. The zero-order valence-corrected chi connectivity index (χ0v) is 12.7. The van der Waals surface area contributed by atoms with Gasteiger partial charge >= 0.3 is 0 Å². The number of rotatable bonds is 4. The van der Waals surface area contributed by atoms with Crippen LogP contribution in [0, 0.1) is 10.5 Å². The average molecular weight is 359 g/mol. The van der Waals surface area contributed by atoms with Gasteiger partial charge in [-0.15, -0.1) is 0 Å². The summed E-state index contributed by atoms with van der Waals surface area (Å²) in [5.41, 5.74) is 1.88. The molecule has 0 unspecified atom stereocenters. The monoisotopic (exact) mass is 359 g/mol. The van der Waals surface area contributed by atoms with Crippen LogP contribution in [0.25, 0.3) is 0 Å². The van der Waals surface area contributed by atoms with Crippen LogP contribution in [0.4, 0.5) is 0 Å². The summed E-state index contributed by atoms with van der Waals surface area (Å²) in [7, 11) is 0. The fourth-order valence-corrected chi connectivity index (χ4v) is 2.81.